The van der Waals surface area contributed by atoms with Gasteiger partial charge in [0.2, 0.25) is 0 Å². The first-order chi connectivity index (χ1) is 20.6. The minimum absolute atomic E-state index is 0.0340. The van der Waals surface area contributed by atoms with E-state index in [0.717, 1.165) is 9.87 Å². The van der Waals surface area contributed by atoms with E-state index in [1.54, 1.807) is 66.7 Å². The van der Waals surface area contributed by atoms with Gasteiger partial charge in [-0.1, -0.05) is 53.5 Å². The lowest BCUT2D eigenvalue weighted by molar-refractivity contribution is -0.119. The normalized spacial score (nSPS) is 11.3. The van der Waals surface area contributed by atoms with Crippen molar-refractivity contribution in [2.24, 2.45) is 5.10 Å². The van der Waals surface area contributed by atoms with Gasteiger partial charge in [0, 0.05) is 21.7 Å². The number of carbonyl (C=O) groups excluding carboxylic acids is 1. The van der Waals surface area contributed by atoms with E-state index in [2.05, 4.69) is 26.5 Å². The van der Waals surface area contributed by atoms with Crippen LogP contribution < -0.4 is 23.9 Å². The molecule has 0 spiro atoms. The average molecular weight is 707 g/mol. The van der Waals surface area contributed by atoms with Gasteiger partial charge in [-0.05, 0) is 70.0 Å². The summed E-state index contributed by atoms with van der Waals surface area (Å²) in [5, 5.41) is 5.02. The van der Waals surface area contributed by atoms with Gasteiger partial charge in [0.05, 0.1) is 35.5 Å². The summed E-state index contributed by atoms with van der Waals surface area (Å²) in [4.78, 5) is 13.0. The molecule has 4 aromatic carbocycles. The highest BCUT2D eigenvalue weighted by molar-refractivity contribution is 9.10. The predicted octanol–water partition coefficient (Wildman–Crippen LogP) is 6.70. The molecule has 0 heterocycles. The van der Waals surface area contributed by atoms with Crippen LogP contribution >= 0.6 is 39.1 Å². The van der Waals surface area contributed by atoms with Crippen molar-refractivity contribution in [3.8, 4) is 17.2 Å². The van der Waals surface area contributed by atoms with Crippen LogP contribution in [-0.4, -0.2) is 41.3 Å². The van der Waals surface area contributed by atoms with E-state index in [1.807, 2.05) is 0 Å². The molecule has 0 aliphatic heterocycles. The van der Waals surface area contributed by atoms with Crippen molar-refractivity contribution < 1.29 is 27.4 Å². The second-order valence-corrected chi connectivity index (χ2v) is 12.4. The molecule has 4 rings (SSSR count). The molecular formula is C30H26BrCl2N3O6S. The summed E-state index contributed by atoms with van der Waals surface area (Å²) in [7, 11) is -1.12. The Bertz CT molecular complexity index is 1740. The van der Waals surface area contributed by atoms with Crippen molar-refractivity contribution in [1.29, 1.82) is 0 Å². The molecule has 0 atom stereocenters. The van der Waals surface area contributed by atoms with Crippen LogP contribution in [-0.2, 0) is 21.4 Å². The third-order valence-corrected chi connectivity index (χ3v) is 8.97. The van der Waals surface area contributed by atoms with E-state index in [0.29, 0.717) is 37.3 Å². The van der Waals surface area contributed by atoms with E-state index < -0.39 is 22.5 Å². The number of nitrogens with zero attached hydrogens (tertiary/aromatic N) is 2. The molecule has 13 heteroatoms. The lowest BCUT2D eigenvalue weighted by Crippen LogP contribution is -2.39. The molecule has 1 amide bonds. The fourth-order valence-corrected chi connectivity index (χ4v) is 6.36. The molecule has 0 aliphatic carbocycles. The van der Waals surface area contributed by atoms with Crippen molar-refractivity contribution in [3.05, 3.63) is 111 Å². The number of nitrogens with one attached hydrogen (secondary N) is 1. The monoisotopic (exact) mass is 705 g/mol. The van der Waals surface area contributed by atoms with Gasteiger partial charge in [-0.2, -0.15) is 5.10 Å². The van der Waals surface area contributed by atoms with Gasteiger partial charge >= 0.3 is 0 Å². The zero-order valence-corrected chi connectivity index (χ0v) is 26.9. The van der Waals surface area contributed by atoms with Gasteiger partial charge in [-0.15, -0.1) is 0 Å². The minimum atomic E-state index is -4.09. The summed E-state index contributed by atoms with van der Waals surface area (Å²) in [5.74, 6) is 0.622. The quantitative estimate of drug-likeness (QED) is 0.130. The van der Waals surface area contributed by atoms with E-state index in [-0.39, 0.29) is 17.2 Å². The van der Waals surface area contributed by atoms with E-state index in [9.17, 15) is 13.2 Å². The molecule has 224 valence electrons. The van der Waals surface area contributed by atoms with E-state index >= 15 is 0 Å². The molecule has 0 saturated heterocycles. The highest BCUT2D eigenvalue weighted by Gasteiger charge is 2.27. The topological polar surface area (TPSA) is 107 Å². The maximum Gasteiger partial charge on any atom is 0.264 e. The molecule has 0 saturated carbocycles. The van der Waals surface area contributed by atoms with Gasteiger partial charge in [-0.25, -0.2) is 13.8 Å². The first-order valence-electron chi connectivity index (χ1n) is 12.6. The number of hydrogen-bond acceptors (Lipinski definition) is 7. The van der Waals surface area contributed by atoms with Crippen LogP contribution in [0.3, 0.4) is 0 Å². The molecule has 0 bridgehead atoms. The van der Waals surface area contributed by atoms with Crippen LogP contribution in [0.25, 0.3) is 0 Å². The molecule has 0 unspecified atom stereocenters. The standard InChI is InChI=1S/C30H26BrCl2N3O6S/c1-40-24-8-6-7-23(16-24)36(43(38,39)25-9-4-3-5-10-25)18-29(37)35-34-17-20-13-26(31)30(28(14-20)41-2)42-19-21-11-12-22(32)15-27(21)33/h3-17H,18-19H2,1-2H3,(H,35,37)/b34-17-. The highest BCUT2D eigenvalue weighted by atomic mass is 79.9. The second-order valence-electron chi connectivity index (χ2n) is 8.88. The summed E-state index contributed by atoms with van der Waals surface area (Å²) in [5.41, 5.74) is 3.96. The Hall–Kier alpha value is -3.77. The Labute approximate surface area is 268 Å². The largest absolute Gasteiger partial charge is 0.497 e. The lowest BCUT2D eigenvalue weighted by atomic mass is 10.2. The van der Waals surface area contributed by atoms with Crippen LogP contribution in [0.15, 0.2) is 99.4 Å². The van der Waals surface area contributed by atoms with Crippen molar-refractivity contribution in [2.75, 3.05) is 25.1 Å². The zero-order valence-electron chi connectivity index (χ0n) is 23.0. The van der Waals surface area contributed by atoms with Crippen LogP contribution in [0.5, 0.6) is 17.2 Å². The number of rotatable bonds is 12. The summed E-state index contributed by atoms with van der Waals surface area (Å²) in [6.07, 6.45) is 1.40. The molecule has 0 radical (unpaired) electrons. The number of hydrazone groups is 1. The number of halogens is 3. The number of ether oxygens (including phenoxy) is 3. The Balaban J connectivity index is 1.49. The van der Waals surface area contributed by atoms with Gasteiger partial charge in [0.15, 0.2) is 11.5 Å². The third-order valence-electron chi connectivity index (χ3n) is 6.00. The Morgan fingerprint density at radius 1 is 0.977 bits per heavy atom. The number of sulfonamides is 1. The summed E-state index contributed by atoms with van der Waals surface area (Å²) >= 11 is 15.7. The van der Waals surface area contributed by atoms with Crippen molar-refractivity contribution >= 4 is 67.0 Å². The maximum atomic E-state index is 13.5. The number of amides is 1. The van der Waals surface area contributed by atoms with Crippen molar-refractivity contribution in [2.45, 2.75) is 11.5 Å². The maximum absolute atomic E-state index is 13.5. The van der Waals surface area contributed by atoms with Crippen molar-refractivity contribution in [1.82, 2.24) is 5.43 Å². The van der Waals surface area contributed by atoms with Gasteiger partial charge in [-0.3, -0.25) is 9.10 Å². The van der Waals surface area contributed by atoms with E-state index in [4.69, 9.17) is 37.4 Å². The third kappa shape index (κ3) is 8.20. The smallest absolute Gasteiger partial charge is 0.264 e. The fraction of sp³-hybridized carbons (Fsp3) is 0.133. The van der Waals surface area contributed by atoms with Crippen LogP contribution in [0.1, 0.15) is 11.1 Å². The lowest BCUT2D eigenvalue weighted by Gasteiger charge is -2.24. The Morgan fingerprint density at radius 3 is 2.44 bits per heavy atom. The Kier molecular flexibility index (Phi) is 10.9. The zero-order chi connectivity index (χ0) is 31.0. The minimum Gasteiger partial charge on any atom is -0.497 e. The Morgan fingerprint density at radius 2 is 1.74 bits per heavy atom. The first kappa shape index (κ1) is 32.2. The molecule has 1 N–H and O–H groups in total. The molecule has 43 heavy (non-hydrogen) atoms. The SMILES string of the molecule is COc1cccc(N(CC(=O)N/N=C\c2cc(Br)c(OCc3ccc(Cl)cc3Cl)c(OC)c2)S(=O)(=O)c2ccccc2)c1. The number of hydrogen-bond donors (Lipinski definition) is 1. The molecule has 0 aliphatic rings. The van der Waals surface area contributed by atoms with E-state index in [1.165, 1.54) is 38.6 Å². The molecular weight excluding hydrogens is 681 g/mol. The summed E-state index contributed by atoms with van der Waals surface area (Å²) in [6, 6.07) is 22.8. The van der Waals surface area contributed by atoms with Gasteiger partial charge in [0.25, 0.3) is 15.9 Å². The predicted molar refractivity (Wildman–Crippen MR) is 171 cm³/mol. The number of anilines is 1. The molecule has 0 aromatic heterocycles. The summed E-state index contributed by atoms with van der Waals surface area (Å²) in [6.45, 7) is -0.362. The van der Waals surface area contributed by atoms with Gasteiger partial charge < -0.3 is 14.2 Å². The van der Waals surface area contributed by atoms with Crippen LogP contribution in [0.4, 0.5) is 5.69 Å². The van der Waals surface area contributed by atoms with Crippen LogP contribution in [0.2, 0.25) is 10.0 Å². The highest BCUT2D eigenvalue weighted by Crippen LogP contribution is 2.37. The van der Waals surface area contributed by atoms with Crippen LogP contribution in [0, 0.1) is 0 Å². The molecule has 0 fully saturated rings. The number of methoxy groups -OCH3 is 2. The second kappa shape index (κ2) is 14.6. The number of benzene rings is 4. The molecule has 9 nitrogen and oxygen atoms in total. The average Bonchev–Trinajstić information content (AvgIpc) is 3.00. The summed E-state index contributed by atoms with van der Waals surface area (Å²) < 4.78 is 45.3. The van der Waals surface area contributed by atoms with Gasteiger partial charge in [0.1, 0.15) is 18.9 Å². The number of carbonyl (C=O) groups is 1. The van der Waals surface area contributed by atoms with Crippen molar-refractivity contribution in [3.63, 3.8) is 0 Å². The molecule has 4 aromatic rings. The first-order valence-corrected chi connectivity index (χ1v) is 15.6. The fourth-order valence-electron chi connectivity index (χ4n) is 3.89.